The molecule has 0 radical (unpaired) electrons. The van der Waals surface area contributed by atoms with Crippen molar-refractivity contribution >= 4 is 15.9 Å². The average molecular weight is 314 g/mol. The Bertz CT molecular complexity index is 572. The number of methoxy groups -OCH3 is 1. The maximum atomic E-state index is 11.9. The molecule has 2 N–H and O–H groups in total. The van der Waals surface area contributed by atoms with Crippen LogP contribution in [0.1, 0.15) is 30.6 Å². The van der Waals surface area contributed by atoms with Gasteiger partial charge in [-0.2, -0.15) is 0 Å². The zero-order valence-corrected chi connectivity index (χ0v) is 13.4. The van der Waals surface area contributed by atoms with E-state index in [0.29, 0.717) is 11.3 Å². The molecule has 0 bridgehead atoms. The molecule has 0 aliphatic carbocycles. The van der Waals surface area contributed by atoms with E-state index in [2.05, 4.69) is 10.0 Å². The molecule has 1 rings (SSSR count). The van der Waals surface area contributed by atoms with E-state index < -0.39 is 10.0 Å². The van der Waals surface area contributed by atoms with E-state index in [1.807, 2.05) is 6.92 Å². The highest BCUT2D eigenvalue weighted by molar-refractivity contribution is 7.89. The number of hydrogen-bond donors (Lipinski definition) is 2. The Morgan fingerprint density at radius 2 is 2.10 bits per heavy atom. The first-order valence-corrected chi connectivity index (χ1v) is 8.45. The van der Waals surface area contributed by atoms with Crippen molar-refractivity contribution in [3.05, 3.63) is 29.8 Å². The molecule has 0 aliphatic heterocycles. The minimum Gasteiger partial charge on any atom is -0.497 e. The fraction of sp³-hybridized carbons (Fsp3) is 0.500. The van der Waals surface area contributed by atoms with E-state index in [1.54, 1.807) is 31.2 Å². The summed E-state index contributed by atoms with van der Waals surface area (Å²) >= 11 is 0. The summed E-state index contributed by atoms with van der Waals surface area (Å²) in [5, 5.41) is 2.58. The van der Waals surface area contributed by atoms with Crippen LogP contribution in [0.25, 0.3) is 0 Å². The minimum atomic E-state index is -3.37. The molecule has 1 aromatic rings. The van der Waals surface area contributed by atoms with Gasteiger partial charge in [0.1, 0.15) is 5.75 Å². The number of hydrogen-bond acceptors (Lipinski definition) is 4. The van der Waals surface area contributed by atoms with E-state index in [-0.39, 0.29) is 24.2 Å². The summed E-state index contributed by atoms with van der Waals surface area (Å²) in [7, 11) is -1.86. The lowest BCUT2D eigenvalue weighted by Crippen LogP contribution is -2.38. The fourth-order valence-electron chi connectivity index (χ4n) is 1.61. The molecule has 0 aliphatic rings. The summed E-state index contributed by atoms with van der Waals surface area (Å²) in [5.74, 6) is 0.105. The second-order valence-corrected chi connectivity index (χ2v) is 6.61. The Morgan fingerprint density at radius 1 is 1.38 bits per heavy atom. The zero-order valence-electron chi connectivity index (χ0n) is 12.5. The van der Waals surface area contributed by atoms with Crippen LogP contribution in [0.15, 0.2) is 24.3 Å². The van der Waals surface area contributed by atoms with Gasteiger partial charge in [-0.05, 0) is 31.5 Å². The predicted molar refractivity (Wildman–Crippen MR) is 82.0 cm³/mol. The van der Waals surface area contributed by atoms with Gasteiger partial charge in [0.05, 0.1) is 12.9 Å². The van der Waals surface area contributed by atoms with Crippen molar-refractivity contribution in [3.8, 4) is 5.75 Å². The van der Waals surface area contributed by atoms with Crippen molar-refractivity contribution in [1.82, 2.24) is 10.0 Å². The van der Waals surface area contributed by atoms with E-state index in [9.17, 15) is 13.2 Å². The van der Waals surface area contributed by atoms with Crippen molar-refractivity contribution in [1.29, 1.82) is 0 Å². The largest absolute Gasteiger partial charge is 0.497 e. The summed E-state index contributed by atoms with van der Waals surface area (Å²) in [4.78, 5) is 11.9. The van der Waals surface area contributed by atoms with Crippen LogP contribution in [-0.2, 0) is 10.0 Å². The molecular weight excluding hydrogens is 292 g/mol. The quantitative estimate of drug-likeness (QED) is 0.753. The number of ether oxygens (including phenoxy) is 1. The third-order valence-corrected chi connectivity index (χ3v) is 4.48. The first-order chi connectivity index (χ1) is 9.88. The summed E-state index contributed by atoms with van der Waals surface area (Å²) in [6.45, 7) is 3.76. The van der Waals surface area contributed by atoms with Gasteiger partial charge in [-0.1, -0.05) is 13.0 Å². The number of rotatable bonds is 8. The van der Waals surface area contributed by atoms with Crippen molar-refractivity contribution in [2.24, 2.45) is 0 Å². The van der Waals surface area contributed by atoms with Gasteiger partial charge in [0.2, 0.25) is 10.0 Å². The molecule has 1 aromatic carbocycles. The van der Waals surface area contributed by atoms with Gasteiger partial charge < -0.3 is 10.1 Å². The molecule has 0 heterocycles. The van der Waals surface area contributed by atoms with Crippen molar-refractivity contribution in [2.45, 2.75) is 26.3 Å². The summed E-state index contributed by atoms with van der Waals surface area (Å²) in [5.41, 5.74) is 0.432. The Hall–Kier alpha value is -1.60. The van der Waals surface area contributed by atoms with Crippen LogP contribution in [0.5, 0.6) is 5.75 Å². The van der Waals surface area contributed by atoms with E-state index in [0.717, 1.165) is 6.42 Å². The van der Waals surface area contributed by atoms with Gasteiger partial charge in [-0.15, -0.1) is 0 Å². The summed E-state index contributed by atoms with van der Waals surface area (Å²) in [6.07, 6.45) is 0.718. The predicted octanol–water partition coefficient (Wildman–Crippen LogP) is 1.14. The fourth-order valence-corrected chi connectivity index (χ4v) is 2.88. The molecule has 7 heteroatoms. The number of carbonyl (C=O) groups is 1. The normalized spacial score (nSPS) is 12.7. The second kappa shape index (κ2) is 7.99. The molecule has 0 saturated carbocycles. The minimum absolute atomic E-state index is 0.0574. The van der Waals surface area contributed by atoms with E-state index >= 15 is 0 Å². The zero-order chi connectivity index (χ0) is 15.9. The molecule has 1 amide bonds. The Kier molecular flexibility index (Phi) is 6.64. The second-order valence-electron chi connectivity index (χ2n) is 4.73. The standard InChI is InChI=1S/C14H22N2O4S/c1-4-11(2)16-21(18,19)9-8-15-14(17)12-6-5-7-13(10-12)20-3/h5-7,10-11,16H,4,8-9H2,1-3H3,(H,15,17)/t11-/m1/s1. The van der Waals surface area contributed by atoms with Crippen molar-refractivity contribution < 1.29 is 17.9 Å². The molecule has 118 valence electrons. The molecule has 21 heavy (non-hydrogen) atoms. The van der Waals surface area contributed by atoms with Gasteiger partial charge in [-0.25, -0.2) is 13.1 Å². The first-order valence-electron chi connectivity index (χ1n) is 6.80. The first kappa shape index (κ1) is 17.5. The third-order valence-electron chi connectivity index (χ3n) is 2.98. The van der Waals surface area contributed by atoms with E-state index in [4.69, 9.17) is 4.74 Å². The van der Waals surface area contributed by atoms with Gasteiger partial charge in [0.15, 0.2) is 0 Å². The maximum Gasteiger partial charge on any atom is 0.251 e. The lowest BCUT2D eigenvalue weighted by atomic mass is 10.2. The van der Waals surface area contributed by atoms with Crippen LogP contribution < -0.4 is 14.8 Å². The average Bonchev–Trinajstić information content (AvgIpc) is 2.46. The highest BCUT2D eigenvalue weighted by Gasteiger charge is 2.14. The number of benzene rings is 1. The Morgan fingerprint density at radius 3 is 2.71 bits per heavy atom. The van der Waals surface area contributed by atoms with Crippen LogP contribution in [0, 0.1) is 0 Å². The molecule has 0 saturated heterocycles. The van der Waals surface area contributed by atoms with E-state index in [1.165, 1.54) is 7.11 Å². The van der Waals surface area contributed by atoms with Crippen LogP contribution in [0.4, 0.5) is 0 Å². The maximum absolute atomic E-state index is 11.9. The summed E-state index contributed by atoms with van der Waals surface area (Å²) in [6, 6.07) is 6.57. The number of carbonyl (C=O) groups excluding carboxylic acids is 1. The Labute approximate surface area is 125 Å². The van der Waals surface area contributed by atoms with Crippen LogP contribution in [0.3, 0.4) is 0 Å². The summed E-state index contributed by atoms with van der Waals surface area (Å²) < 4.78 is 31.0. The SMILES string of the molecule is CC[C@@H](C)NS(=O)(=O)CCNC(=O)c1cccc(OC)c1. The van der Waals surface area contributed by atoms with Gasteiger partial charge in [-0.3, -0.25) is 4.79 Å². The topological polar surface area (TPSA) is 84.5 Å². The lowest BCUT2D eigenvalue weighted by molar-refractivity contribution is 0.0956. The molecule has 0 fully saturated rings. The molecular formula is C14H22N2O4S. The van der Waals surface area contributed by atoms with Gasteiger partial charge in [0, 0.05) is 18.2 Å². The smallest absolute Gasteiger partial charge is 0.251 e. The molecule has 1 atom stereocenters. The van der Waals surface area contributed by atoms with Crippen molar-refractivity contribution in [2.75, 3.05) is 19.4 Å². The van der Waals surface area contributed by atoms with Gasteiger partial charge >= 0.3 is 0 Å². The number of sulfonamides is 1. The van der Waals surface area contributed by atoms with Gasteiger partial charge in [0.25, 0.3) is 5.91 Å². The lowest BCUT2D eigenvalue weighted by Gasteiger charge is -2.12. The molecule has 0 unspecified atom stereocenters. The van der Waals surface area contributed by atoms with Crippen LogP contribution in [0.2, 0.25) is 0 Å². The van der Waals surface area contributed by atoms with Crippen LogP contribution >= 0.6 is 0 Å². The number of amides is 1. The highest BCUT2D eigenvalue weighted by Crippen LogP contribution is 2.12. The highest BCUT2D eigenvalue weighted by atomic mass is 32.2. The molecule has 0 spiro atoms. The van der Waals surface area contributed by atoms with Crippen LogP contribution in [-0.4, -0.2) is 39.8 Å². The van der Waals surface area contributed by atoms with Crippen molar-refractivity contribution in [3.63, 3.8) is 0 Å². The monoisotopic (exact) mass is 314 g/mol. The number of nitrogens with one attached hydrogen (secondary N) is 2. The third kappa shape index (κ3) is 6.14. The molecule has 0 aromatic heterocycles. The molecule has 6 nitrogen and oxygen atoms in total. The Balaban J connectivity index is 2.50.